The number of aromatic nitrogens is 2. The van der Waals surface area contributed by atoms with Crippen LogP contribution >= 0.6 is 15.9 Å². The zero-order chi connectivity index (χ0) is 16.8. The molecule has 0 spiro atoms. The van der Waals surface area contributed by atoms with Crippen LogP contribution in [0.1, 0.15) is 34.6 Å². The lowest BCUT2D eigenvalue weighted by atomic mass is 10.2. The fraction of sp³-hybridized carbons (Fsp3) is 0.733. The van der Waals surface area contributed by atoms with Gasteiger partial charge in [0.05, 0.1) is 36.5 Å². The van der Waals surface area contributed by atoms with Crippen molar-refractivity contribution >= 4 is 22.0 Å². The number of rotatable bonds is 2. The summed E-state index contributed by atoms with van der Waals surface area (Å²) in [5.74, 6) is 0. The summed E-state index contributed by atoms with van der Waals surface area (Å²) in [5, 5.41) is 4.19. The molecular formula is C15H26BrN3O3. The van der Waals surface area contributed by atoms with Crippen LogP contribution in [0.25, 0.3) is 0 Å². The van der Waals surface area contributed by atoms with Gasteiger partial charge in [-0.3, -0.25) is 4.68 Å². The molecular weight excluding hydrogens is 350 g/mol. The van der Waals surface area contributed by atoms with Crippen molar-refractivity contribution in [2.75, 3.05) is 19.7 Å². The number of nitrogens with zero attached hydrogens (tertiary/aromatic N) is 3. The number of ether oxygens (including phenoxy) is 2. The molecule has 1 aromatic rings. The second kappa shape index (κ2) is 8.53. The molecule has 0 N–H and O–H groups in total. The largest absolute Gasteiger partial charge is 0.444 e. The number of amides is 1. The Bertz CT molecular complexity index is 471. The van der Waals surface area contributed by atoms with Gasteiger partial charge in [-0.25, -0.2) is 4.79 Å². The summed E-state index contributed by atoms with van der Waals surface area (Å²) in [6.45, 7) is 11.8. The maximum Gasteiger partial charge on any atom is 0.410 e. The molecule has 0 aromatic carbocycles. The fourth-order valence-electron chi connectivity index (χ4n) is 1.97. The van der Waals surface area contributed by atoms with E-state index in [1.54, 1.807) is 15.8 Å². The van der Waals surface area contributed by atoms with Gasteiger partial charge in [-0.2, -0.15) is 5.10 Å². The molecule has 0 saturated carbocycles. The Morgan fingerprint density at radius 2 is 2.18 bits per heavy atom. The van der Waals surface area contributed by atoms with Crippen LogP contribution in [-0.2, 0) is 16.0 Å². The molecule has 1 aliphatic rings. The van der Waals surface area contributed by atoms with Crippen LogP contribution in [0.15, 0.2) is 16.9 Å². The van der Waals surface area contributed by atoms with Crippen molar-refractivity contribution in [2.24, 2.45) is 0 Å². The van der Waals surface area contributed by atoms with Crippen molar-refractivity contribution in [3.8, 4) is 0 Å². The summed E-state index contributed by atoms with van der Waals surface area (Å²) >= 11 is 3.36. The summed E-state index contributed by atoms with van der Waals surface area (Å²) in [7, 11) is 0. The van der Waals surface area contributed by atoms with E-state index in [4.69, 9.17) is 9.47 Å². The van der Waals surface area contributed by atoms with Gasteiger partial charge >= 0.3 is 6.09 Å². The van der Waals surface area contributed by atoms with Crippen molar-refractivity contribution in [3.05, 3.63) is 16.9 Å². The Labute approximate surface area is 140 Å². The normalized spacial score (nSPS) is 18.5. The van der Waals surface area contributed by atoms with Crippen LogP contribution in [0.2, 0.25) is 0 Å². The van der Waals surface area contributed by atoms with Crippen LogP contribution in [0.5, 0.6) is 0 Å². The maximum atomic E-state index is 12.0. The number of hydrogen-bond acceptors (Lipinski definition) is 4. The molecule has 1 aliphatic heterocycles. The molecule has 2 heterocycles. The van der Waals surface area contributed by atoms with Crippen molar-refractivity contribution < 1.29 is 14.3 Å². The zero-order valence-corrected chi connectivity index (χ0v) is 15.6. The molecule has 7 heteroatoms. The van der Waals surface area contributed by atoms with Crippen LogP contribution in [-0.4, -0.2) is 52.2 Å². The average molecular weight is 376 g/mol. The van der Waals surface area contributed by atoms with E-state index in [-0.39, 0.29) is 12.2 Å². The van der Waals surface area contributed by atoms with Gasteiger partial charge in [-0.1, -0.05) is 13.8 Å². The Hall–Kier alpha value is -1.08. The Kier molecular flexibility index (Phi) is 7.35. The predicted molar refractivity (Wildman–Crippen MR) is 88.8 cm³/mol. The van der Waals surface area contributed by atoms with Gasteiger partial charge in [-0.15, -0.1) is 0 Å². The molecule has 22 heavy (non-hydrogen) atoms. The first kappa shape index (κ1) is 19.0. The van der Waals surface area contributed by atoms with Crippen molar-refractivity contribution in [3.63, 3.8) is 0 Å². The topological polar surface area (TPSA) is 56.6 Å². The third-order valence-corrected chi connectivity index (χ3v) is 3.19. The zero-order valence-electron chi connectivity index (χ0n) is 14.0. The van der Waals surface area contributed by atoms with Gasteiger partial charge in [0.25, 0.3) is 0 Å². The van der Waals surface area contributed by atoms with Gasteiger partial charge in [-0.05, 0) is 36.7 Å². The van der Waals surface area contributed by atoms with Crippen molar-refractivity contribution in [1.29, 1.82) is 0 Å². The van der Waals surface area contributed by atoms with E-state index >= 15 is 0 Å². The number of halogens is 1. The molecule has 0 aliphatic carbocycles. The predicted octanol–water partition coefficient (Wildman–Crippen LogP) is 3.31. The summed E-state index contributed by atoms with van der Waals surface area (Å²) in [4.78, 5) is 13.7. The Morgan fingerprint density at radius 3 is 2.73 bits per heavy atom. The molecule has 0 radical (unpaired) electrons. The lowest BCUT2D eigenvalue weighted by molar-refractivity contribution is -0.0483. The summed E-state index contributed by atoms with van der Waals surface area (Å²) < 4.78 is 13.8. The van der Waals surface area contributed by atoms with E-state index in [0.717, 1.165) is 4.47 Å². The first-order valence-electron chi connectivity index (χ1n) is 7.61. The minimum atomic E-state index is -0.474. The molecule has 1 saturated heterocycles. The maximum absolute atomic E-state index is 12.0. The molecule has 2 rings (SSSR count). The molecule has 126 valence electrons. The fourth-order valence-corrected chi connectivity index (χ4v) is 2.30. The summed E-state index contributed by atoms with van der Waals surface area (Å²) in [5.41, 5.74) is -0.474. The second-order valence-corrected chi connectivity index (χ2v) is 6.72. The van der Waals surface area contributed by atoms with E-state index in [9.17, 15) is 4.79 Å². The highest BCUT2D eigenvalue weighted by atomic mass is 79.9. The van der Waals surface area contributed by atoms with Gasteiger partial charge in [0.2, 0.25) is 0 Å². The van der Waals surface area contributed by atoms with E-state index in [0.29, 0.717) is 26.2 Å². The standard InChI is InChI=1S/C13H20BrN3O3.C2H6/c1-13(2,3)20-12(18)16-4-5-19-11(8-16)9-17-7-10(14)6-15-17;1-2/h6-7,11H,4-5,8-9H2,1-3H3;1-2H3. The van der Waals surface area contributed by atoms with E-state index in [1.807, 2.05) is 40.8 Å². The smallest absolute Gasteiger partial charge is 0.410 e. The molecule has 1 fully saturated rings. The van der Waals surface area contributed by atoms with E-state index in [2.05, 4.69) is 21.0 Å². The third kappa shape index (κ3) is 6.36. The quantitative estimate of drug-likeness (QED) is 0.795. The Morgan fingerprint density at radius 1 is 1.50 bits per heavy atom. The summed E-state index contributed by atoms with van der Waals surface area (Å²) in [6, 6.07) is 0. The SMILES string of the molecule is CC.CC(C)(C)OC(=O)N1CCOC(Cn2cc(Br)cn2)C1. The minimum Gasteiger partial charge on any atom is -0.444 e. The number of morpholine rings is 1. The van der Waals surface area contributed by atoms with Crippen LogP contribution in [0, 0.1) is 0 Å². The van der Waals surface area contributed by atoms with Crippen LogP contribution < -0.4 is 0 Å². The number of carbonyl (C=O) groups excluding carboxylic acids is 1. The van der Waals surface area contributed by atoms with Gasteiger partial charge in [0.1, 0.15) is 5.60 Å². The van der Waals surface area contributed by atoms with Gasteiger partial charge < -0.3 is 14.4 Å². The first-order chi connectivity index (χ1) is 10.3. The van der Waals surface area contributed by atoms with Crippen molar-refractivity contribution in [1.82, 2.24) is 14.7 Å². The summed E-state index contributed by atoms with van der Waals surface area (Å²) in [6.07, 6.45) is 3.26. The van der Waals surface area contributed by atoms with E-state index in [1.165, 1.54) is 0 Å². The molecule has 0 bridgehead atoms. The highest BCUT2D eigenvalue weighted by molar-refractivity contribution is 9.10. The highest BCUT2D eigenvalue weighted by Crippen LogP contribution is 2.14. The van der Waals surface area contributed by atoms with Crippen LogP contribution in [0.4, 0.5) is 4.79 Å². The van der Waals surface area contributed by atoms with Gasteiger partial charge in [0.15, 0.2) is 0 Å². The second-order valence-electron chi connectivity index (χ2n) is 5.80. The third-order valence-electron chi connectivity index (χ3n) is 2.78. The molecule has 1 aromatic heterocycles. The monoisotopic (exact) mass is 375 g/mol. The van der Waals surface area contributed by atoms with Crippen molar-refractivity contribution in [2.45, 2.75) is 52.9 Å². The number of hydrogen-bond donors (Lipinski definition) is 0. The molecule has 1 atom stereocenters. The van der Waals surface area contributed by atoms with Gasteiger partial charge in [0, 0.05) is 12.7 Å². The molecule has 1 amide bonds. The Balaban J connectivity index is 0.00000116. The minimum absolute atomic E-state index is 0.0666. The lowest BCUT2D eigenvalue weighted by Gasteiger charge is -2.34. The van der Waals surface area contributed by atoms with E-state index < -0.39 is 5.60 Å². The molecule has 6 nitrogen and oxygen atoms in total. The van der Waals surface area contributed by atoms with Crippen LogP contribution in [0.3, 0.4) is 0 Å². The lowest BCUT2D eigenvalue weighted by Crippen LogP contribution is -2.48. The average Bonchev–Trinajstić information content (AvgIpc) is 2.85. The first-order valence-corrected chi connectivity index (χ1v) is 8.40. The highest BCUT2D eigenvalue weighted by Gasteiger charge is 2.28. The molecule has 1 unspecified atom stereocenters. The number of carbonyl (C=O) groups is 1.